The van der Waals surface area contributed by atoms with Crippen molar-refractivity contribution in [3.8, 4) is 0 Å². The molecule has 0 amide bonds. The van der Waals surface area contributed by atoms with Gasteiger partial charge in [0.15, 0.2) is 5.78 Å². The molecule has 0 heterocycles. The topological polar surface area (TPSA) is 37.3 Å². The molecule has 2 aliphatic rings. The van der Waals surface area contributed by atoms with Crippen molar-refractivity contribution in [3.05, 3.63) is 0 Å². The summed E-state index contributed by atoms with van der Waals surface area (Å²) in [7, 11) is 0. The molecule has 0 aliphatic heterocycles. The van der Waals surface area contributed by atoms with E-state index in [0.29, 0.717) is 12.3 Å². The van der Waals surface area contributed by atoms with Gasteiger partial charge in [0.25, 0.3) is 0 Å². The van der Waals surface area contributed by atoms with Crippen LogP contribution in [0.15, 0.2) is 0 Å². The molecule has 0 unspecified atom stereocenters. The van der Waals surface area contributed by atoms with E-state index in [1.54, 1.807) is 0 Å². The van der Waals surface area contributed by atoms with E-state index in [-0.39, 0.29) is 5.78 Å². The highest BCUT2D eigenvalue weighted by Gasteiger charge is 2.48. The molecule has 0 radical (unpaired) electrons. The Balaban J connectivity index is 2.24. The number of hydrogen-bond acceptors (Lipinski definition) is 2. The number of rotatable bonds is 0. The average molecular weight is 154 g/mol. The smallest absolute Gasteiger partial charge is 0.164 e. The summed E-state index contributed by atoms with van der Waals surface area (Å²) in [4.78, 5) is 11.3. The molecule has 1 N–H and O–H groups in total. The largest absolute Gasteiger partial charge is 0.382 e. The van der Waals surface area contributed by atoms with E-state index in [1.165, 1.54) is 0 Å². The summed E-state index contributed by atoms with van der Waals surface area (Å²) in [5, 5.41) is 9.93. The van der Waals surface area contributed by atoms with Crippen molar-refractivity contribution in [3.63, 3.8) is 0 Å². The molecular formula is C9H14O2. The van der Waals surface area contributed by atoms with Crippen LogP contribution in [0.5, 0.6) is 0 Å². The highest BCUT2D eigenvalue weighted by molar-refractivity contribution is 5.88. The van der Waals surface area contributed by atoms with Gasteiger partial charge in [-0.15, -0.1) is 0 Å². The first-order valence-electron chi connectivity index (χ1n) is 4.49. The van der Waals surface area contributed by atoms with E-state index >= 15 is 0 Å². The van der Waals surface area contributed by atoms with Gasteiger partial charge in [0.2, 0.25) is 0 Å². The average Bonchev–Trinajstić information content (AvgIpc) is 2.34. The summed E-state index contributed by atoms with van der Waals surface area (Å²) in [6, 6.07) is 0. The Bertz CT molecular complexity index is 188. The Hall–Kier alpha value is -0.370. The maximum absolute atomic E-state index is 11.3. The minimum absolute atomic E-state index is 0.103. The van der Waals surface area contributed by atoms with Gasteiger partial charge in [-0.3, -0.25) is 4.79 Å². The lowest BCUT2D eigenvalue weighted by atomic mass is 9.77. The van der Waals surface area contributed by atoms with E-state index in [0.717, 1.165) is 32.1 Å². The Morgan fingerprint density at radius 1 is 1.36 bits per heavy atom. The molecule has 0 aromatic heterocycles. The lowest BCUT2D eigenvalue weighted by molar-refractivity contribution is -0.144. The minimum atomic E-state index is -0.891. The minimum Gasteiger partial charge on any atom is -0.382 e. The second kappa shape index (κ2) is 2.31. The fourth-order valence-corrected chi connectivity index (χ4v) is 2.54. The fraction of sp³-hybridized carbons (Fsp3) is 0.889. The van der Waals surface area contributed by atoms with Crippen LogP contribution in [0.25, 0.3) is 0 Å². The molecule has 2 heteroatoms. The third-order valence-corrected chi connectivity index (χ3v) is 3.23. The summed E-state index contributed by atoms with van der Waals surface area (Å²) >= 11 is 0. The van der Waals surface area contributed by atoms with Gasteiger partial charge in [-0.2, -0.15) is 0 Å². The highest BCUT2D eigenvalue weighted by atomic mass is 16.3. The molecule has 0 aromatic carbocycles. The maximum atomic E-state index is 11.3. The van der Waals surface area contributed by atoms with Crippen molar-refractivity contribution >= 4 is 5.78 Å². The molecule has 2 fully saturated rings. The Kier molecular flexibility index (Phi) is 1.53. The van der Waals surface area contributed by atoms with Crippen LogP contribution < -0.4 is 0 Å². The number of Topliss-reactive ketones (excluding diaryl/α,β-unsaturated/α-hetero) is 1. The first-order valence-corrected chi connectivity index (χ1v) is 4.49. The lowest BCUT2D eigenvalue weighted by Gasteiger charge is -2.32. The molecule has 2 nitrogen and oxygen atoms in total. The van der Waals surface area contributed by atoms with Crippen molar-refractivity contribution < 1.29 is 9.90 Å². The first kappa shape index (κ1) is 7.29. The number of hydrogen-bond donors (Lipinski definition) is 1. The Morgan fingerprint density at radius 3 is 2.82 bits per heavy atom. The molecule has 0 aromatic rings. The molecule has 11 heavy (non-hydrogen) atoms. The summed E-state index contributed by atoms with van der Waals surface area (Å²) in [5.41, 5.74) is -0.891. The third kappa shape index (κ3) is 0.924. The molecular weight excluding hydrogens is 140 g/mol. The molecule has 0 bridgehead atoms. The number of carbonyl (C=O) groups excluding carboxylic acids is 1. The summed E-state index contributed by atoms with van der Waals surface area (Å²) in [5.74, 6) is 0.398. The Morgan fingerprint density at radius 2 is 2.09 bits per heavy atom. The number of fused-ring (bicyclic) bond motifs is 1. The fourth-order valence-electron chi connectivity index (χ4n) is 2.54. The second-order valence-electron chi connectivity index (χ2n) is 3.83. The molecule has 0 saturated heterocycles. The van der Waals surface area contributed by atoms with Crippen LogP contribution in [-0.2, 0) is 4.79 Å². The van der Waals surface area contributed by atoms with Crippen molar-refractivity contribution in [1.82, 2.24) is 0 Å². The van der Waals surface area contributed by atoms with Gasteiger partial charge in [-0.1, -0.05) is 0 Å². The molecule has 2 rings (SSSR count). The zero-order valence-corrected chi connectivity index (χ0v) is 6.68. The van der Waals surface area contributed by atoms with Crippen LogP contribution in [-0.4, -0.2) is 16.5 Å². The van der Waals surface area contributed by atoms with Crippen molar-refractivity contribution in [1.29, 1.82) is 0 Å². The number of aliphatic hydroxyl groups is 1. The third-order valence-electron chi connectivity index (χ3n) is 3.23. The first-order chi connectivity index (χ1) is 5.23. The van der Waals surface area contributed by atoms with Crippen LogP contribution in [0.3, 0.4) is 0 Å². The molecule has 2 saturated carbocycles. The van der Waals surface area contributed by atoms with E-state index in [9.17, 15) is 9.90 Å². The Labute approximate surface area is 66.6 Å². The van der Waals surface area contributed by atoms with Crippen LogP contribution in [0.2, 0.25) is 0 Å². The van der Waals surface area contributed by atoms with Crippen LogP contribution in [0.4, 0.5) is 0 Å². The molecule has 62 valence electrons. The lowest BCUT2D eigenvalue weighted by Crippen LogP contribution is -2.44. The predicted octanol–water partition coefficient (Wildman–Crippen LogP) is 1.27. The number of carbonyl (C=O) groups is 1. The number of ketones is 1. The van der Waals surface area contributed by atoms with E-state index in [1.807, 2.05) is 0 Å². The van der Waals surface area contributed by atoms with Gasteiger partial charge in [-0.25, -0.2) is 0 Å². The van der Waals surface area contributed by atoms with Crippen LogP contribution in [0, 0.1) is 5.92 Å². The van der Waals surface area contributed by atoms with Crippen molar-refractivity contribution in [2.24, 2.45) is 5.92 Å². The van der Waals surface area contributed by atoms with E-state index in [4.69, 9.17) is 0 Å². The maximum Gasteiger partial charge on any atom is 0.164 e. The van der Waals surface area contributed by atoms with Crippen molar-refractivity contribution in [2.75, 3.05) is 0 Å². The zero-order chi connectivity index (χ0) is 7.90. The van der Waals surface area contributed by atoms with Crippen LogP contribution >= 0.6 is 0 Å². The van der Waals surface area contributed by atoms with Gasteiger partial charge in [-0.05, 0) is 38.0 Å². The second-order valence-corrected chi connectivity index (χ2v) is 3.83. The van der Waals surface area contributed by atoms with Crippen LogP contribution in [0.1, 0.15) is 38.5 Å². The summed E-state index contributed by atoms with van der Waals surface area (Å²) in [6.45, 7) is 0. The van der Waals surface area contributed by atoms with Gasteiger partial charge in [0.05, 0.1) is 0 Å². The van der Waals surface area contributed by atoms with Gasteiger partial charge in [0.1, 0.15) is 5.60 Å². The SMILES string of the molecule is O=C1CCC[C@H]2CCC[C@@]12O. The molecule has 2 aliphatic carbocycles. The van der Waals surface area contributed by atoms with Gasteiger partial charge < -0.3 is 5.11 Å². The molecule has 0 spiro atoms. The van der Waals surface area contributed by atoms with E-state index in [2.05, 4.69) is 0 Å². The van der Waals surface area contributed by atoms with Gasteiger partial charge >= 0.3 is 0 Å². The summed E-state index contributed by atoms with van der Waals surface area (Å²) in [6.07, 6.45) is 5.46. The predicted molar refractivity (Wildman–Crippen MR) is 41.1 cm³/mol. The monoisotopic (exact) mass is 154 g/mol. The van der Waals surface area contributed by atoms with E-state index < -0.39 is 5.60 Å². The van der Waals surface area contributed by atoms with Crippen molar-refractivity contribution in [2.45, 2.75) is 44.1 Å². The standard InChI is InChI=1S/C9H14O2/c10-8-5-1-3-7-4-2-6-9(7,8)11/h7,11H,1-6H2/t7-,9-/m0/s1. The normalized spacial score (nSPS) is 44.1. The molecule has 2 atom stereocenters. The zero-order valence-electron chi connectivity index (χ0n) is 6.68. The quantitative estimate of drug-likeness (QED) is 0.570. The van der Waals surface area contributed by atoms with Gasteiger partial charge in [0, 0.05) is 6.42 Å². The highest BCUT2D eigenvalue weighted by Crippen LogP contribution is 2.43. The summed E-state index contributed by atoms with van der Waals surface area (Å²) < 4.78 is 0.